The SMILES string of the molecule is Cl.O=C1N(c2ccc(C(F)(F)F)nc2)CCC12CCNCC2. The van der Waals surface area contributed by atoms with Gasteiger partial charge in [-0.1, -0.05) is 0 Å². The summed E-state index contributed by atoms with van der Waals surface area (Å²) in [7, 11) is 0. The lowest BCUT2D eigenvalue weighted by Crippen LogP contribution is -2.42. The van der Waals surface area contributed by atoms with E-state index >= 15 is 0 Å². The van der Waals surface area contributed by atoms with E-state index in [-0.39, 0.29) is 23.7 Å². The number of piperidine rings is 1. The van der Waals surface area contributed by atoms with Crippen LogP contribution in [0.3, 0.4) is 0 Å². The average molecular weight is 336 g/mol. The molecule has 0 bridgehead atoms. The van der Waals surface area contributed by atoms with Gasteiger partial charge in [0.15, 0.2) is 0 Å². The van der Waals surface area contributed by atoms with Gasteiger partial charge in [-0.05, 0) is 44.5 Å². The third-order valence-corrected chi connectivity index (χ3v) is 4.42. The number of nitrogens with zero attached hydrogens (tertiary/aromatic N) is 2. The Balaban J connectivity index is 0.00000176. The monoisotopic (exact) mass is 335 g/mol. The molecule has 2 aliphatic heterocycles. The van der Waals surface area contributed by atoms with Crippen molar-refractivity contribution in [2.45, 2.75) is 25.4 Å². The maximum atomic E-state index is 12.6. The molecule has 122 valence electrons. The van der Waals surface area contributed by atoms with E-state index in [1.807, 2.05) is 0 Å². The number of pyridine rings is 1. The minimum absolute atomic E-state index is 0. The molecule has 0 aliphatic carbocycles. The Hall–Kier alpha value is -1.34. The lowest BCUT2D eigenvalue weighted by atomic mass is 9.78. The van der Waals surface area contributed by atoms with Crippen molar-refractivity contribution in [3.8, 4) is 0 Å². The van der Waals surface area contributed by atoms with Crippen LogP contribution in [0.1, 0.15) is 25.0 Å². The molecule has 0 radical (unpaired) electrons. The van der Waals surface area contributed by atoms with Crippen molar-refractivity contribution in [2.75, 3.05) is 24.5 Å². The topological polar surface area (TPSA) is 45.2 Å². The van der Waals surface area contributed by atoms with E-state index in [9.17, 15) is 18.0 Å². The maximum absolute atomic E-state index is 12.6. The molecular weight excluding hydrogens is 319 g/mol. The van der Waals surface area contributed by atoms with E-state index in [4.69, 9.17) is 0 Å². The number of hydrogen-bond donors (Lipinski definition) is 1. The Bertz CT molecular complexity index is 541. The van der Waals surface area contributed by atoms with Gasteiger partial charge >= 0.3 is 6.18 Å². The number of halogens is 4. The molecule has 0 aromatic carbocycles. The van der Waals surface area contributed by atoms with Crippen LogP contribution >= 0.6 is 12.4 Å². The Morgan fingerprint density at radius 3 is 2.41 bits per heavy atom. The molecule has 1 aromatic rings. The van der Waals surface area contributed by atoms with Crippen molar-refractivity contribution in [3.05, 3.63) is 24.0 Å². The summed E-state index contributed by atoms with van der Waals surface area (Å²) in [5, 5.41) is 3.23. The summed E-state index contributed by atoms with van der Waals surface area (Å²) in [6.45, 7) is 2.17. The lowest BCUT2D eigenvalue weighted by Gasteiger charge is -2.32. The van der Waals surface area contributed by atoms with E-state index in [2.05, 4.69) is 10.3 Å². The van der Waals surface area contributed by atoms with Gasteiger partial charge in [0.25, 0.3) is 0 Å². The molecule has 2 saturated heterocycles. The lowest BCUT2D eigenvalue weighted by molar-refractivity contribution is -0.141. The first-order chi connectivity index (χ1) is 9.92. The summed E-state index contributed by atoms with van der Waals surface area (Å²) in [5.41, 5.74) is -0.827. The molecule has 1 aromatic heterocycles. The van der Waals surface area contributed by atoms with Crippen LogP contribution in [-0.4, -0.2) is 30.5 Å². The van der Waals surface area contributed by atoms with Crippen LogP contribution < -0.4 is 10.2 Å². The highest BCUT2D eigenvalue weighted by Crippen LogP contribution is 2.41. The molecule has 2 aliphatic rings. The second-order valence-corrected chi connectivity index (χ2v) is 5.64. The largest absolute Gasteiger partial charge is 0.433 e. The molecule has 1 spiro atoms. The average Bonchev–Trinajstić information content (AvgIpc) is 2.76. The van der Waals surface area contributed by atoms with Crippen molar-refractivity contribution in [2.24, 2.45) is 5.41 Å². The van der Waals surface area contributed by atoms with Crippen LogP contribution in [0, 0.1) is 5.41 Å². The normalized spacial score (nSPS) is 21.0. The summed E-state index contributed by atoms with van der Waals surface area (Å²) in [4.78, 5) is 17.6. The molecule has 2 fully saturated rings. The summed E-state index contributed by atoms with van der Waals surface area (Å²) in [5.74, 6) is 0.0190. The second-order valence-electron chi connectivity index (χ2n) is 5.64. The zero-order valence-electron chi connectivity index (χ0n) is 11.8. The first-order valence-electron chi connectivity index (χ1n) is 6.98. The van der Waals surface area contributed by atoms with Gasteiger partial charge in [-0.15, -0.1) is 12.4 Å². The zero-order valence-corrected chi connectivity index (χ0v) is 12.6. The number of anilines is 1. The fraction of sp³-hybridized carbons (Fsp3) is 0.571. The van der Waals surface area contributed by atoms with Gasteiger partial charge in [0.1, 0.15) is 5.69 Å². The Morgan fingerprint density at radius 2 is 1.86 bits per heavy atom. The summed E-state index contributed by atoms with van der Waals surface area (Å²) < 4.78 is 37.5. The number of hydrogen-bond acceptors (Lipinski definition) is 3. The van der Waals surface area contributed by atoms with Crippen LogP contribution in [0.2, 0.25) is 0 Å². The van der Waals surface area contributed by atoms with Gasteiger partial charge in [0.05, 0.1) is 17.3 Å². The Labute approximate surface area is 132 Å². The number of rotatable bonds is 1. The van der Waals surface area contributed by atoms with Crippen LogP contribution in [0.5, 0.6) is 0 Å². The molecule has 22 heavy (non-hydrogen) atoms. The van der Waals surface area contributed by atoms with Crippen molar-refractivity contribution in [1.82, 2.24) is 10.3 Å². The van der Waals surface area contributed by atoms with E-state index in [1.165, 1.54) is 6.07 Å². The Morgan fingerprint density at radius 1 is 1.18 bits per heavy atom. The Kier molecular flexibility index (Phi) is 4.67. The number of alkyl halides is 3. The van der Waals surface area contributed by atoms with Crippen molar-refractivity contribution in [1.29, 1.82) is 0 Å². The molecule has 3 heterocycles. The highest BCUT2D eigenvalue weighted by atomic mass is 35.5. The first kappa shape index (κ1) is 17.0. The molecule has 8 heteroatoms. The number of carbonyl (C=O) groups excluding carboxylic acids is 1. The molecule has 1 amide bonds. The minimum atomic E-state index is -4.45. The number of amides is 1. The van der Waals surface area contributed by atoms with Crippen molar-refractivity contribution < 1.29 is 18.0 Å². The van der Waals surface area contributed by atoms with Gasteiger partial charge < -0.3 is 10.2 Å². The van der Waals surface area contributed by atoms with Crippen molar-refractivity contribution >= 4 is 24.0 Å². The van der Waals surface area contributed by atoms with E-state index in [0.717, 1.165) is 44.6 Å². The van der Waals surface area contributed by atoms with Crippen LogP contribution in [0.25, 0.3) is 0 Å². The van der Waals surface area contributed by atoms with Gasteiger partial charge in [0.2, 0.25) is 5.91 Å². The second kappa shape index (κ2) is 6.04. The third kappa shape index (κ3) is 2.92. The van der Waals surface area contributed by atoms with E-state index in [0.29, 0.717) is 12.2 Å². The molecule has 0 atom stereocenters. The molecule has 0 unspecified atom stereocenters. The predicted molar refractivity (Wildman–Crippen MR) is 78.0 cm³/mol. The number of carbonyl (C=O) groups is 1. The van der Waals surface area contributed by atoms with Crippen molar-refractivity contribution in [3.63, 3.8) is 0 Å². The molecular formula is C14H17ClF3N3O. The van der Waals surface area contributed by atoms with Crippen LogP contribution in [-0.2, 0) is 11.0 Å². The smallest absolute Gasteiger partial charge is 0.317 e. The predicted octanol–water partition coefficient (Wildman–Crippen LogP) is 2.63. The van der Waals surface area contributed by atoms with Crippen LogP contribution in [0.15, 0.2) is 18.3 Å². The molecule has 4 nitrogen and oxygen atoms in total. The molecule has 1 N–H and O–H groups in total. The fourth-order valence-corrected chi connectivity index (χ4v) is 3.15. The van der Waals surface area contributed by atoms with E-state index < -0.39 is 11.9 Å². The maximum Gasteiger partial charge on any atom is 0.433 e. The van der Waals surface area contributed by atoms with Gasteiger partial charge in [-0.25, -0.2) is 4.98 Å². The quantitative estimate of drug-likeness (QED) is 0.858. The summed E-state index contributed by atoms with van der Waals surface area (Å²) >= 11 is 0. The van der Waals surface area contributed by atoms with Gasteiger partial charge in [0, 0.05) is 6.54 Å². The fourth-order valence-electron chi connectivity index (χ4n) is 3.15. The van der Waals surface area contributed by atoms with Gasteiger partial charge in [-0.2, -0.15) is 13.2 Å². The molecule has 0 saturated carbocycles. The minimum Gasteiger partial charge on any atom is -0.317 e. The third-order valence-electron chi connectivity index (χ3n) is 4.42. The first-order valence-corrected chi connectivity index (χ1v) is 6.98. The number of aromatic nitrogens is 1. The zero-order chi connectivity index (χ0) is 15.1. The highest BCUT2D eigenvalue weighted by Gasteiger charge is 2.47. The highest BCUT2D eigenvalue weighted by molar-refractivity contribution is 5.99. The number of nitrogens with one attached hydrogen (secondary N) is 1. The van der Waals surface area contributed by atoms with Crippen LogP contribution in [0.4, 0.5) is 18.9 Å². The summed E-state index contributed by atoms with van der Waals surface area (Å²) in [6.07, 6.45) is -0.980. The summed E-state index contributed by atoms with van der Waals surface area (Å²) in [6, 6.07) is 2.25. The standard InChI is InChI=1S/C14H16F3N3O.ClH/c15-14(16,17)11-2-1-10(9-19-11)20-8-5-13(12(20)21)3-6-18-7-4-13;/h1-2,9,18H,3-8H2;1H. The van der Waals surface area contributed by atoms with Gasteiger partial charge in [-0.3, -0.25) is 4.79 Å². The molecule has 3 rings (SSSR count). The van der Waals surface area contributed by atoms with E-state index in [1.54, 1.807) is 4.90 Å².